The molecule has 73 heavy (non-hydrogen) atoms. The predicted octanol–water partition coefficient (Wildman–Crippen LogP) is 10.7. The first-order valence-corrected chi connectivity index (χ1v) is 27.2. The highest BCUT2D eigenvalue weighted by atomic mass is 32.1. The van der Waals surface area contributed by atoms with E-state index in [0.29, 0.717) is 36.0 Å². The van der Waals surface area contributed by atoms with E-state index in [-0.39, 0.29) is 20.0 Å². The highest BCUT2D eigenvalue weighted by Gasteiger charge is 2.22. The average Bonchev–Trinajstić information content (AvgIpc) is 4.12. The number of hydrogen-bond acceptors (Lipinski definition) is 16. The number of ether oxygens (including phenoxy) is 6. The van der Waals surface area contributed by atoms with Crippen LogP contribution in [0.4, 0.5) is 11.4 Å². The molecule has 380 valence electrons. The Balaban J connectivity index is 0.578. The van der Waals surface area contributed by atoms with Crippen molar-refractivity contribution in [2.75, 3.05) is 102 Å². The summed E-state index contributed by atoms with van der Waals surface area (Å²) < 4.78 is 36.8. The number of rotatable bonds is 23. The van der Waals surface area contributed by atoms with Gasteiger partial charge in [0.1, 0.15) is 11.5 Å². The van der Waals surface area contributed by atoms with Gasteiger partial charge in [-0.1, -0.05) is 19.1 Å². The smallest absolute Gasteiger partial charge is 0.312 e. The molecule has 14 nitrogen and oxygen atoms in total. The molecular weight excluding hydrogens is 961 g/mol. The van der Waals surface area contributed by atoms with Crippen LogP contribution in [0.25, 0.3) is 42.0 Å². The van der Waals surface area contributed by atoms with E-state index in [2.05, 4.69) is 88.9 Å². The Kier molecular flexibility index (Phi) is 16.6. The minimum atomic E-state index is -0.770. The first-order chi connectivity index (χ1) is 35.9. The Labute approximate surface area is 433 Å². The molecular formula is C57H62N6O8S2. The number of unbranched alkanes of at least 4 members (excludes halogenated alkanes) is 2. The van der Waals surface area contributed by atoms with Crippen molar-refractivity contribution in [3.05, 3.63) is 120 Å². The number of thiophene rings is 2. The molecule has 2 aliphatic rings. The maximum atomic E-state index is 12.7. The first kappa shape index (κ1) is 49.8. The van der Waals surface area contributed by atoms with E-state index in [1.54, 1.807) is 41.7 Å². The lowest BCUT2D eigenvalue weighted by molar-refractivity contribution is -0.161. The fourth-order valence-corrected chi connectivity index (χ4v) is 11.1. The second-order valence-corrected chi connectivity index (χ2v) is 20.5. The van der Waals surface area contributed by atoms with Gasteiger partial charge in [0, 0.05) is 119 Å². The highest BCUT2D eigenvalue weighted by molar-refractivity contribution is 7.17. The van der Waals surface area contributed by atoms with Crippen LogP contribution >= 0.6 is 22.7 Å². The fourth-order valence-electron chi connectivity index (χ4n) is 9.52. The molecule has 0 bridgehead atoms. The summed E-state index contributed by atoms with van der Waals surface area (Å²) in [7, 11) is 0. The molecule has 8 aromatic rings. The zero-order chi connectivity index (χ0) is 49.8. The number of pyridine rings is 2. The van der Waals surface area contributed by atoms with E-state index >= 15 is 0 Å². The molecule has 6 heterocycles. The van der Waals surface area contributed by atoms with Crippen molar-refractivity contribution in [3.8, 4) is 23.3 Å². The molecule has 0 N–H and O–H groups in total. The quantitative estimate of drug-likeness (QED) is 0.0342. The second kappa shape index (κ2) is 24.3. The molecule has 0 saturated carbocycles. The highest BCUT2D eigenvalue weighted by Crippen LogP contribution is 2.33. The van der Waals surface area contributed by atoms with Gasteiger partial charge in [0.25, 0.3) is 0 Å². The van der Waals surface area contributed by atoms with Crippen molar-refractivity contribution < 1.29 is 38.0 Å². The monoisotopic (exact) mass is 1020 g/mol. The summed E-state index contributed by atoms with van der Waals surface area (Å²) in [6, 6.07) is 36.5. The minimum Gasteiger partial charge on any atom is -0.494 e. The van der Waals surface area contributed by atoms with Gasteiger partial charge in [-0.3, -0.25) is 19.4 Å². The van der Waals surface area contributed by atoms with Gasteiger partial charge in [-0.15, -0.1) is 22.7 Å². The summed E-state index contributed by atoms with van der Waals surface area (Å²) in [5, 5.41) is 8.93. The number of benzene rings is 4. The van der Waals surface area contributed by atoms with Crippen LogP contribution in [0.3, 0.4) is 0 Å². The lowest BCUT2D eigenvalue weighted by Crippen LogP contribution is -2.46. The number of carbonyl (C=O) groups excluding carboxylic acids is 2. The Morgan fingerprint density at radius 1 is 0.548 bits per heavy atom. The molecule has 0 radical (unpaired) electrons. The number of aromatic nitrogens is 2. The number of esters is 2. The van der Waals surface area contributed by atoms with Gasteiger partial charge in [0.15, 0.2) is 0 Å². The van der Waals surface area contributed by atoms with Crippen LogP contribution in [0.5, 0.6) is 23.3 Å². The van der Waals surface area contributed by atoms with Crippen molar-refractivity contribution >= 4 is 88.0 Å². The minimum absolute atomic E-state index is 0.195. The van der Waals surface area contributed by atoms with E-state index in [1.165, 1.54) is 31.5 Å². The summed E-state index contributed by atoms with van der Waals surface area (Å²) in [6.07, 6.45) is 3.84. The summed E-state index contributed by atoms with van der Waals surface area (Å²) in [6.45, 7) is 12.6. The van der Waals surface area contributed by atoms with Gasteiger partial charge in [-0.25, -0.2) is 9.97 Å². The molecule has 16 heteroatoms. The Morgan fingerprint density at radius 3 is 1.53 bits per heavy atom. The first-order valence-electron chi connectivity index (χ1n) is 25.4. The van der Waals surface area contributed by atoms with Crippen molar-refractivity contribution in [1.29, 1.82) is 0 Å². The molecule has 1 unspecified atom stereocenters. The van der Waals surface area contributed by atoms with E-state index in [9.17, 15) is 9.59 Å². The van der Waals surface area contributed by atoms with Gasteiger partial charge in [-0.05, 0) is 122 Å². The Bertz CT molecular complexity index is 3110. The zero-order valence-corrected chi connectivity index (χ0v) is 43.0. The van der Waals surface area contributed by atoms with E-state index in [1.807, 2.05) is 48.5 Å². The zero-order valence-electron chi connectivity index (χ0n) is 41.3. The van der Waals surface area contributed by atoms with E-state index < -0.39 is 17.9 Å². The maximum Gasteiger partial charge on any atom is 0.312 e. The standard InChI is InChI=1S/C57H62N6O8S2/c1-41(57(65)71-40-69-55-19-15-43-13-17-45(38-49(43)59-55)67-33-5-3-23-61-26-30-63(31-27-61)51-9-7-11-53-47(51)21-35-73-53)36-56(64)70-39-68-54-18-14-42-12-16-44(37-48(42)58-54)66-32-4-2-22-60-24-28-62(29-25-60)50-8-6-10-52-46(50)20-34-72-52/h6-21,34-35,37-38,41H,2-5,22-33,36,39-40H2,1H3. The van der Waals surface area contributed by atoms with Crippen LogP contribution in [0, 0.1) is 5.92 Å². The van der Waals surface area contributed by atoms with Crippen LogP contribution in [0.1, 0.15) is 39.0 Å². The third kappa shape index (κ3) is 13.1. The number of piperazine rings is 2. The molecule has 4 aromatic carbocycles. The summed E-state index contributed by atoms with van der Waals surface area (Å²) in [4.78, 5) is 44.7. The average molecular weight is 1020 g/mol. The predicted molar refractivity (Wildman–Crippen MR) is 291 cm³/mol. The number of hydrogen-bond donors (Lipinski definition) is 0. The molecule has 0 amide bonds. The van der Waals surface area contributed by atoms with E-state index in [0.717, 1.165) is 113 Å². The number of carbonyl (C=O) groups is 2. The van der Waals surface area contributed by atoms with E-state index in [4.69, 9.17) is 28.4 Å². The maximum absolute atomic E-state index is 12.7. The van der Waals surface area contributed by atoms with Crippen molar-refractivity contribution in [1.82, 2.24) is 19.8 Å². The van der Waals surface area contributed by atoms with Gasteiger partial charge in [-0.2, -0.15) is 0 Å². The van der Waals surface area contributed by atoms with Gasteiger partial charge in [0.2, 0.25) is 25.3 Å². The molecule has 0 aliphatic carbocycles. The number of nitrogens with zero attached hydrogens (tertiary/aromatic N) is 6. The molecule has 4 aromatic heterocycles. The van der Waals surface area contributed by atoms with Crippen LogP contribution in [-0.4, -0.2) is 124 Å². The number of anilines is 2. The molecule has 10 rings (SSSR count). The Hall–Kier alpha value is -6.72. The SMILES string of the molecule is CC(CC(=O)OCOc1ccc2ccc(OCCCCN3CCN(c4cccc5sccc45)CC3)cc2n1)C(=O)OCOc1ccc2ccc(OCCCCN3CCN(c4cccc5sccc45)CC3)cc2n1. The van der Waals surface area contributed by atoms with Crippen molar-refractivity contribution in [2.45, 2.75) is 39.0 Å². The summed E-state index contributed by atoms with van der Waals surface area (Å²) in [5.41, 5.74) is 4.11. The van der Waals surface area contributed by atoms with Gasteiger partial charge >= 0.3 is 11.9 Å². The van der Waals surface area contributed by atoms with Crippen LogP contribution in [-0.2, 0) is 19.1 Å². The molecule has 2 fully saturated rings. The molecule has 2 saturated heterocycles. The second-order valence-electron chi connectivity index (χ2n) is 18.6. The van der Waals surface area contributed by atoms with Crippen molar-refractivity contribution in [3.63, 3.8) is 0 Å². The molecule has 2 aliphatic heterocycles. The molecule has 0 spiro atoms. The number of fused-ring (bicyclic) bond motifs is 4. The molecule has 1 atom stereocenters. The summed E-state index contributed by atoms with van der Waals surface area (Å²) >= 11 is 3.60. The van der Waals surface area contributed by atoms with Gasteiger partial charge in [0.05, 0.1) is 36.6 Å². The van der Waals surface area contributed by atoms with Gasteiger partial charge < -0.3 is 38.2 Å². The Morgan fingerprint density at radius 2 is 1.03 bits per heavy atom. The third-order valence-corrected chi connectivity index (χ3v) is 15.4. The largest absolute Gasteiger partial charge is 0.494 e. The third-order valence-electron chi connectivity index (χ3n) is 13.6. The van der Waals surface area contributed by atoms with Crippen LogP contribution < -0.4 is 28.7 Å². The topological polar surface area (TPSA) is 128 Å². The summed E-state index contributed by atoms with van der Waals surface area (Å²) in [5.74, 6) is 0.0951. The van der Waals surface area contributed by atoms with Crippen LogP contribution in [0.2, 0.25) is 0 Å². The van der Waals surface area contributed by atoms with Crippen LogP contribution in [0.15, 0.2) is 120 Å². The lowest BCUT2D eigenvalue weighted by Gasteiger charge is -2.36. The lowest BCUT2D eigenvalue weighted by atomic mass is 10.1. The normalized spacial score (nSPS) is 15.0. The van der Waals surface area contributed by atoms with Crippen molar-refractivity contribution in [2.24, 2.45) is 5.92 Å². The fraction of sp³-hybridized carbons (Fsp3) is 0.368.